The van der Waals surface area contributed by atoms with Gasteiger partial charge in [0.15, 0.2) is 0 Å². The highest BCUT2D eigenvalue weighted by Crippen LogP contribution is 2.30. The van der Waals surface area contributed by atoms with Crippen molar-refractivity contribution >= 4 is 5.91 Å². The van der Waals surface area contributed by atoms with Crippen molar-refractivity contribution in [2.24, 2.45) is 11.8 Å². The minimum Gasteiger partial charge on any atom is -0.496 e. The molecule has 0 atom stereocenters. The number of rotatable bonds is 10. The summed E-state index contributed by atoms with van der Waals surface area (Å²) in [5.41, 5.74) is 2.99. The van der Waals surface area contributed by atoms with Gasteiger partial charge < -0.3 is 15.4 Å². The molecule has 2 fully saturated rings. The molecule has 0 bridgehead atoms. The van der Waals surface area contributed by atoms with Crippen molar-refractivity contribution in [3.63, 3.8) is 0 Å². The summed E-state index contributed by atoms with van der Waals surface area (Å²) in [4.78, 5) is 12.9. The third-order valence-electron chi connectivity index (χ3n) is 6.84. The first-order valence-corrected chi connectivity index (χ1v) is 11.9. The quantitative estimate of drug-likeness (QED) is 0.571. The Kier molecular flexibility index (Phi) is 7.63. The lowest BCUT2D eigenvalue weighted by Crippen LogP contribution is -2.35. The van der Waals surface area contributed by atoms with Crippen molar-refractivity contribution in [2.75, 3.05) is 20.2 Å². The fourth-order valence-electron chi connectivity index (χ4n) is 4.67. The van der Waals surface area contributed by atoms with Crippen LogP contribution >= 0.6 is 0 Å². The molecule has 2 aromatic rings. The molecule has 4 heteroatoms. The van der Waals surface area contributed by atoms with Crippen molar-refractivity contribution in [3.8, 4) is 5.75 Å². The van der Waals surface area contributed by atoms with Gasteiger partial charge in [-0.1, -0.05) is 36.4 Å². The molecule has 31 heavy (non-hydrogen) atoms. The van der Waals surface area contributed by atoms with E-state index < -0.39 is 0 Å². The maximum Gasteiger partial charge on any atom is 0.255 e. The molecule has 2 N–H and O–H groups in total. The van der Waals surface area contributed by atoms with Crippen LogP contribution in [0.2, 0.25) is 0 Å². The number of carbonyl (C=O) groups excluding carboxylic acids is 1. The van der Waals surface area contributed by atoms with Crippen LogP contribution in [0.3, 0.4) is 0 Å². The van der Waals surface area contributed by atoms with E-state index in [9.17, 15) is 4.79 Å². The van der Waals surface area contributed by atoms with Crippen LogP contribution < -0.4 is 15.4 Å². The van der Waals surface area contributed by atoms with Gasteiger partial charge in [-0.05, 0) is 93.0 Å². The lowest BCUT2D eigenvalue weighted by atomic mass is 9.84. The van der Waals surface area contributed by atoms with Crippen LogP contribution in [0, 0.1) is 11.8 Å². The second kappa shape index (κ2) is 10.8. The van der Waals surface area contributed by atoms with Crippen LogP contribution in [0.15, 0.2) is 48.5 Å². The number of benzene rings is 2. The molecule has 0 aliphatic heterocycles. The molecule has 2 aromatic carbocycles. The van der Waals surface area contributed by atoms with Gasteiger partial charge in [0.25, 0.3) is 5.91 Å². The minimum atomic E-state index is -0.0356. The Labute approximate surface area is 186 Å². The molecule has 0 spiro atoms. The Morgan fingerprint density at radius 3 is 2.39 bits per heavy atom. The van der Waals surface area contributed by atoms with Crippen LogP contribution in [0.4, 0.5) is 0 Å². The van der Waals surface area contributed by atoms with E-state index in [0.29, 0.717) is 17.4 Å². The maximum atomic E-state index is 12.9. The smallest absolute Gasteiger partial charge is 0.255 e. The summed E-state index contributed by atoms with van der Waals surface area (Å²) in [6.07, 6.45) is 9.81. The van der Waals surface area contributed by atoms with E-state index in [1.807, 2.05) is 36.4 Å². The van der Waals surface area contributed by atoms with E-state index in [4.69, 9.17) is 4.74 Å². The summed E-state index contributed by atoms with van der Waals surface area (Å²) >= 11 is 0. The minimum absolute atomic E-state index is 0.0356. The summed E-state index contributed by atoms with van der Waals surface area (Å²) in [6.45, 7) is 1.95. The Bertz CT molecular complexity index is 840. The number of methoxy groups -OCH3 is 1. The first-order chi connectivity index (χ1) is 15.2. The second-order valence-electron chi connectivity index (χ2n) is 9.31. The molecule has 2 aliphatic rings. The summed E-state index contributed by atoms with van der Waals surface area (Å²) < 4.78 is 5.46. The third kappa shape index (κ3) is 6.57. The highest BCUT2D eigenvalue weighted by atomic mass is 16.5. The SMILES string of the molecule is COc1ccc(Cc2ccccc2)cc1C(=O)NCCC1CCC(NCC2CC2)CC1. The van der Waals surface area contributed by atoms with Crippen molar-refractivity contribution in [1.29, 1.82) is 0 Å². The maximum absolute atomic E-state index is 12.9. The second-order valence-corrected chi connectivity index (χ2v) is 9.31. The average molecular weight is 421 g/mol. The third-order valence-corrected chi connectivity index (χ3v) is 6.84. The fourth-order valence-corrected chi connectivity index (χ4v) is 4.67. The van der Waals surface area contributed by atoms with Gasteiger partial charge in [-0.15, -0.1) is 0 Å². The van der Waals surface area contributed by atoms with Gasteiger partial charge in [-0.3, -0.25) is 4.79 Å². The van der Waals surface area contributed by atoms with Crippen molar-refractivity contribution < 1.29 is 9.53 Å². The van der Waals surface area contributed by atoms with Gasteiger partial charge in [0.1, 0.15) is 5.75 Å². The normalized spacial score (nSPS) is 20.9. The number of carbonyl (C=O) groups is 1. The Morgan fingerprint density at radius 1 is 0.935 bits per heavy atom. The molecule has 1 amide bonds. The van der Waals surface area contributed by atoms with E-state index in [1.165, 1.54) is 50.6 Å². The standard InChI is InChI=1S/C27H36N2O2/c1-31-26-14-11-23(17-21-5-3-2-4-6-21)18-25(26)27(30)28-16-15-20-9-12-24(13-10-20)29-19-22-7-8-22/h2-6,11,14,18,20,22,24,29H,7-10,12-13,15-17,19H2,1H3,(H,28,30). The van der Waals surface area contributed by atoms with E-state index in [0.717, 1.165) is 36.8 Å². The molecular formula is C27H36N2O2. The van der Waals surface area contributed by atoms with Gasteiger partial charge in [0, 0.05) is 12.6 Å². The molecule has 4 nitrogen and oxygen atoms in total. The Balaban J connectivity index is 1.24. The first kappa shape index (κ1) is 21.9. The highest BCUT2D eigenvalue weighted by molar-refractivity contribution is 5.97. The molecule has 0 saturated heterocycles. The molecule has 0 radical (unpaired) electrons. The van der Waals surface area contributed by atoms with Crippen molar-refractivity contribution in [1.82, 2.24) is 10.6 Å². The van der Waals surface area contributed by atoms with Gasteiger partial charge in [0.2, 0.25) is 0 Å². The summed E-state index contributed by atoms with van der Waals surface area (Å²) in [5, 5.41) is 6.89. The zero-order chi connectivity index (χ0) is 21.5. The molecular weight excluding hydrogens is 384 g/mol. The zero-order valence-electron chi connectivity index (χ0n) is 18.7. The molecule has 2 saturated carbocycles. The van der Waals surface area contributed by atoms with E-state index in [2.05, 4.69) is 22.8 Å². The van der Waals surface area contributed by atoms with Crippen LogP contribution in [-0.2, 0) is 6.42 Å². The number of ether oxygens (including phenoxy) is 1. The summed E-state index contributed by atoms with van der Waals surface area (Å²) in [6, 6.07) is 17.0. The number of hydrogen-bond donors (Lipinski definition) is 2. The number of hydrogen-bond acceptors (Lipinski definition) is 3. The van der Waals surface area contributed by atoms with Gasteiger partial charge in [-0.2, -0.15) is 0 Å². The lowest BCUT2D eigenvalue weighted by Gasteiger charge is -2.29. The largest absolute Gasteiger partial charge is 0.496 e. The van der Waals surface area contributed by atoms with Crippen LogP contribution in [0.5, 0.6) is 5.75 Å². The zero-order valence-corrected chi connectivity index (χ0v) is 18.7. The summed E-state index contributed by atoms with van der Waals surface area (Å²) in [7, 11) is 1.62. The topological polar surface area (TPSA) is 50.4 Å². The van der Waals surface area contributed by atoms with E-state index in [-0.39, 0.29) is 5.91 Å². The highest BCUT2D eigenvalue weighted by Gasteiger charge is 2.25. The molecule has 0 aromatic heterocycles. The molecule has 0 unspecified atom stereocenters. The first-order valence-electron chi connectivity index (χ1n) is 11.9. The summed E-state index contributed by atoms with van der Waals surface area (Å²) in [5.74, 6) is 2.28. The van der Waals surface area contributed by atoms with Gasteiger partial charge in [-0.25, -0.2) is 0 Å². The van der Waals surface area contributed by atoms with Crippen LogP contribution in [0.25, 0.3) is 0 Å². The fraction of sp³-hybridized carbons (Fsp3) is 0.519. The predicted octanol–water partition coefficient (Wildman–Crippen LogP) is 4.96. The lowest BCUT2D eigenvalue weighted by molar-refractivity contribution is 0.0946. The Hall–Kier alpha value is -2.33. The van der Waals surface area contributed by atoms with Gasteiger partial charge in [0.05, 0.1) is 12.7 Å². The van der Waals surface area contributed by atoms with Crippen LogP contribution in [0.1, 0.15) is 66.4 Å². The number of nitrogens with one attached hydrogen (secondary N) is 2. The number of amides is 1. The molecule has 0 heterocycles. The average Bonchev–Trinajstić information content (AvgIpc) is 3.64. The predicted molar refractivity (Wildman–Crippen MR) is 126 cm³/mol. The van der Waals surface area contributed by atoms with Crippen molar-refractivity contribution in [2.45, 2.75) is 57.4 Å². The van der Waals surface area contributed by atoms with Crippen molar-refractivity contribution in [3.05, 3.63) is 65.2 Å². The molecule has 4 rings (SSSR count). The molecule has 2 aliphatic carbocycles. The van der Waals surface area contributed by atoms with Crippen LogP contribution in [-0.4, -0.2) is 32.1 Å². The van der Waals surface area contributed by atoms with Gasteiger partial charge >= 0.3 is 0 Å². The van der Waals surface area contributed by atoms with E-state index in [1.54, 1.807) is 7.11 Å². The molecule has 166 valence electrons. The Morgan fingerprint density at radius 2 is 1.68 bits per heavy atom. The monoisotopic (exact) mass is 420 g/mol. The van der Waals surface area contributed by atoms with E-state index >= 15 is 0 Å².